The quantitative estimate of drug-likeness (QED) is 0.0261. The first kappa shape index (κ1) is 74.6. The van der Waals surface area contributed by atoms with E-state index in [2.05, 4.69) is 57.2 Å². The molecule has 0 aromatic heterocycles. The fourth-order valence-corrected chi connectivity index (χ4v) is 10.4. The molecule has 6 nitrogen and oxygen atoms in total. The number of carbonyl (C=O) groups is 3. The molecule has 0 aliphatic carbocycles. The zero-order chi connectivity index (χ0) is 55.7. The van der Waals surface area contributed by atoms with E-state index in [4.69, 9.17) is 14.2 Å². The number of unbranched alkanes of at least 4 members (excludes halogenated alkanes) is 47. The maximum absolute atomic E-state index is 12.9. The molecule has 0 aromatic rings. The fraction of sp³-hybridized carbons (Fsp3) is 0.873. The van der Waals surface area contributed by atoms with Gasteiger partial charge in [0, 0.05) is 19.3 Å². The molecule has 0 saturated carbocycles. The first-order chi connectivity index (χ1) is 38.0. The Morgan fingerprint density at radius 2 is 0.481 bits per heavy atom. The highest BCUT2D eigenvalue weighted by molar-refractivity contribution is 5.71. The summed E-state index contributed by atoms with van der Waals surface area (Å²) in [6.45, 7) is 6.65. The second-order valence-corrected chi connectivity index (χ2v) is 23.4. The molecule has 0 heterocycles. The van der Waals surface area contributed by atoms with Crippen LogP contribution in [0.15, 0.2) is 36.5 Å². The fourth-order valence-electron chi connectivity index (χ4n) is 10.4. The number of hydrogen-bond donors (Lipinski definition) is 0. The van der Waals surface area contributed by atoms with Crippen molar-refractivity contribution in [2.75, 3.05) is 13.2 Å². The average Bonchev–Trinajstić information content (AvgIpc) is 3.43. The summed E-state index contributed by atoms with van der Waals surface area (Å²) in [4.78, 5) is 38.3. The largest absolute Gasteiger partial charge is 0.462 e. The minimum Gasteiger partial charge on any atom is -0.462 e. The van der Waals surface area contributed by atoms with E-state index in [1.807, 2.05) is 0 Å². The second kappa shape index (κ2) is 66.1. The Balaban J connectivity index is 4.19. The molecule has 0 aliphatic rings. The van der Waals surface area contributed by atoms with Crippen molar-refractivity contribution in [2.24, 2.45) is 0 Å². The van der Waals surface area contributed by atoms with Crippen LogP contribution in [0.25, 0.3) is 0 Å². The molecule has 0 aromatic carbocycles. The molecule has 0 amide bonds. The summed E-state index contributed by atoms with van der Waals surface area (Å²) in [6.07, 6.45) is 81.8. The molecule has 0 bridgehead atoms. The highest BCUT2D eigenvalue weighted by atomic mass is 16.6. The molecular formula is C71H132O6. The molecule has 0 fully saturated rings. The first-order valence-corrected chi connectivity index (χ1v) is 34.5. The van der Waals surface area contributed by atoms with Gasteiger partial charge in [0.1, 0.15) is 13.2 Å². The molecule has 0 saturated heterocycles. The lowest BCUT2D eigenvalue weighted by atomic mass is 10.0. The van der Waals surface area contributed by atoms with Crippen LogP contribution in [0.2, 0.25) is 0 Å². The van der Waals surface area contributed by atoms with E-state index in [9.17, 15) is 14.4 Å². The van der Waals surface area contributed by atoms with Crippen molar-refractivity contribution in [1.29, 1.82) is 0 Å². The van der Waals surface area contributed by atoms with Crippen molar-refractivity contribution in [3.63, 3.8) is 0 Å². The van der Waals surface area contributed by atoms with Gasteiger partial charge in [-0.25, -0.2) is 0 Å². The number of ether oxygens (including phenoxy) is 3. The van der Waals surface area contributed by atoms with Gasteiger partial charge in [-0.05, 0) is 70.6 Å². The van der Waals surface area contributed by atoms with Crippen molar-refractivity contribution in [2.45, 2.75) is 386 Å². The smallest absolute Gasteiger partial charge is 0.306 e. The van der Waals surface area contributed by atoms with E-state index in [0.717, 1.165) is 70.6 Å². The van der Waals surface area contributed by atoms with E-state index >= 15 is 0 Å². The van der Waals surface area contributed by atoms with Gasteiger partial charge in [0.2, 0.25) is 0 Å². The van der Waals surface area contributed by atoms with Crippen LogP contribution in [0.4, 0.5) is 0 Å². The standard InChI is InChI=1S/C71H132O6/c1-4-7-10-13-16-19-22-24-26-28-30-32-34-35-37-38-40-42-44-46-49-52-55-58-61-64-70(73)76-67-68(66-75-69(72)63-60-57-54-51-48-21-18-15-12-9-6-3)77-71(74)65-62-59-56-53-50-47-45-43-41-39-36-33-31-29-27-25-23-20-17-14-11-8-5-2/h15,18,23,25,29,31,68H,4-14,16-17,19-22,24,26-28,30,32-67H2,1-3H3/b18-15-,25-23-,31-29-. The Hall–Kier alpha value is -2.37. The maximum atomic E-state index is 12.9. The van der Waals surface area contributed by atoms with Crippen molar-refractivity contribution < 1.29 is 28.6 Å². The minimum atomic E-state index is -0.775. The summed E-state index contributed by atoms with van der Waals surface area (Å²) in [5.41, 5.74) is 0. The number of esters is 3. The van der Waals surface area contributed by atoms with E-state index < -0.39 is 6.10 Å². The van der Waals surface area contributed by atoms with Crippen LogP contribution >= 0.6 is 0 Å². The lowest BCUT2D eigenvalue weighted by molar-refractivity contribution is -0.167. The van der Waals surface area contributed by atoms with Gasteiger partial charge in [0.25, 0.3) is 0 Å². The van der Waals surface area contributed by atoms with E-state index in [1.165, 1.54) is 270 Å². The van der Waals surface area contributed by atoms with Crippen molar-refractivity contribution in [3.8, 4) is 0 Å². The molecular weight excluding hydrogens is 949 g/mol. The zero-order valence-corrected chi connectivity index (χ0v) is 52.0. The van der Waals surface area contributed by atoms with Crippen LogP contribution in [0, 0.1) is 0 Å². The average molecular weight is 1080 g/mol. The summed E-state index contributed by atoms with van der Waals surface area (Å²) < 4.78 is 16.9. The van der Waals surface area contributed by atoms with Crippen molar-refractivity contribution in [1.82, 2.24) is 0 Å². The van der Waals surface area contributed by atoms with Crippen LogP contribution < -0.4 is 0 Å². The highest BCUT2D eigenvalue weighted by Crippen LogP contribution is 2.18. The van der Waals surface area contributed by atoms with Gasteiger partial charge in [-0.2, -0.15) is 0 Å². The monoisotopic (exact) mass is 1080 g/mol. The van der Waals surface area contributed by atoms with Gasteiger partial charge < -0.3 is 14.2 Å². The Bertz CT molecular complexity index is 1290. The van der Waals surface area contributed by atoms with E-state index in [0.29, 0.717) is 19.3 Å². The summed E-state index contributed by atoms with van der Waals surface area (Å²) in [7, 11) is 0. The predicted octanol–water partition coefficient (Wildman–Crippen LogP) is 23.6. The summed E-state index contributed by atoms with van der Waals surface area (Å²) in [5.74, 6) is -0.858. The molecule has 0 spiro atoms. The third-order valence-corrected chi connectivity index (χ3v) is 15.6. The molecule has 0 aliphatic heterocycles. The second-order valence-electron chi connectivity index (χ2n) is 23.4. The number of hydrogen-bond acceptors (Lipinski definition) is 6. The molecule has 77 heavy (non-hydrogen) atoms. The summed E-state index contributed by atoms with van der Waals surface area (Å²) >= 11 is 0. The lowest BCUT2D eigenvalue weighted by Crippen LogP contribution is -2.30. The Morgan fingerprint density at radius 1 is 0.260 bits per heavy atom. The third kappa shape index (κ3) is 64.3. The lowest BCUT2D eigenvalue weighted by Gasteiger charge is -2.18. The van der Waals surface area contributed by atoms with Gasteiger partial charge in [0.15, 0.2) is 6.10 Å². The van der Waals surface area contributed by atoms with Gasteiger partial charge in [-0.15, -0.1) is 0 Å². The Morgan fingerprint density at radius 3 is 0.766 bits per heavy atom. The van der Waals surface area contributed by atoms with Gasteiger partial charge >= 0.3 is 17.9 Å². The van der Waals surface area contributed by atoms with Crippen LogP contribution in [-0.2, 0) is 28.6 Å². The first-order valence-electron chi connectivity index (χ1n) is 34.5. The van der Waals surface area contributed by atoms with Crippen LogP contribution in [0.3, 0.4) is 0 Å². The van der Waals surface area contributed by atoms with Crippen LogP contribution in [0.5, 0.6) is 0 Å². The predicted molar refractivity (Wildman–Crippen MR) is 335 cm³/mol. The molecule has 0 rings (SSSR count). The third-order valence-electron chi connectivity index (χ3n) is 15.6. The van der Waals surface area contributed by atoms with Gasteiger partial charge in [-0.3, -0.25) is 14.4 Å². The maximum Gasteiger partial charge on any atom is 0.306 e. The SMILES string of the molecule is CCCC/C=C\CCCCCCCC(=O)OCC(COC(=O)CCCCCCCCCCCCCCCCCCCCCCCCCCC)OC(=O)CCCCCCCCCCCCC/C=C\C/C=C\CCCCCCC. The van der Waals surface area contributed by atoms with E-state index in [1.54, 1.807) is 0 Å². The van der Waals surface area contributed by atoms with Crippen LogP contribution in [-0.4, -0.2) is 37.2 Å². The zero-order valence-electron chi connectivity index (χ0n) is 52.0. The van der Waals surface area contributed by atoms with Crippen LogP contribution in [0.1, 0.15) is 380 Å². The number of carbonyl (C=O) groups excluding carboxylic acids is 3. The van der Waals surface area contributed by atoms with Crippen molar-refractivity contribution >= 4 is 17.9 Å². The molecule has 452 valence electrons. The Kier molecular flexibility index (Phi) is 64.1. The topological polar surface area (TPSA) is 78.9 Å². The highest BCUT2D eigenvalue weighted by Gasteiger charge is 2.19. The molecule has 1 atom stereocenters. The summed E-state index contributed by atoms with van der Waals surface area (Å²) in [5, 5.41) is 0. The molecule has 6 heteroatoms. The number of allylic oxidation sites excluding steroid dienone is 6. The molecule has 0 N–H and O–H groups in total. The molecule has 0 radical (unpaired) electrons. The number of rotatable bonds is 64. The van der Waals surface area contributed by atoms with Gasteiger partial charge in [0.05, 0.1) is 0 Å². The molecule has 1 unspecified atom stereocenters. The van der Waals surface area contributed by atoms with E-state index in [-0.39, 0.29) is 31.1 Å². The van der Waals surface area contributed by atoms with Gasteiger partial charge in [-0.1, -0.05) is 327 Å². The Labute approximate surface area is 480 Å². The normalized spacial score (nSPS) is 12.2. The summed E-state index contributed by atoms with van der Waals surface area (Å²) in [6, 6.07) is 0. The minimum absolute atomic E-state index is 0.0710. The van der Waals surface area contributed by atoms with Crippen molar-refractivity contribution in [3.05, 3.63) is 36.5 Å².